The van der Waals surface area contributed by atoms with Crippen molar-refractivity contribution >= 4 is 6.03 Å². The molecule has 1 N–H and O–H groups in total. The highest BCUT2D eigenvalue weighted by molar-refractivity contribution is 5.74. The summed E-state index contributed by atoms with van der Waals surface area (Å²) >= 11 is 0. The average Bonchev–Trinajstić information content (AvgIpc) is 2.86. The van der Waals surface area contributed by atoms with Crippen LogP contribution >= 0.6 is 0 Å². The minimum atomic E-state index is -2.93. The maximum Gasteiger partial charge on any atom is 0.318 e. The predicted molar refractivity (Wildman–Crippen MR) is 121 cm³/mol. The van der Waals surface area contributed by atoms with Crippen LogP contribution in [0.15, 0.2) is 48.4 Å². The van der Waals surface area contributed by atoms with Gasteiger partial charge in [-0.3, -0.25) is 0 Å². The smallest absolute Gasteiger partial charge is 0.318 e. The van der Waals surface area contributed by atoms with Crippen molar-refractivity contribution in [2.75, 3.05) is 26.7 Å². The molecule has 0 aliphatic carbocycles. The quantitative estimate of drug-likeness (QED) is 0.656. The van der Waals surface area contributed by atoms with Crippen LogP contribution in [0.2, 0.25) is 0 Å². The van der Waals surface area contributed by atoms with Crippen molar-refractivity contribution in [2.24, 2.45) is 5.92 Å². The molecule has 5 nitrogen and oxygen atoms in total. The second-order valence-electron chi connectivity index (χ2n) is 7.99. The summed E-state index contributed by atoms with van der Waals surface area (Å²) in [5, 5.41) is 2.24. The summed E-state index contributed by atoms with van der Waals surface area (Å²) in [6.45, 7) is 0.108. The molecule has 1 aliphatic rings. The highest BCUT2D eigenvalue weighted by Gasteiger charge is 2.27. The third-order valence-electron chi connectivity index (χ3n) is 4.85. The molecule has 0 unspecified atom stereocenters. The van der Waals surface area contributed by atoms with Crippen LogP contribution in [0, 0.1) is 11.7 Å². The van der Waals surface area contributed by atoms with Crippen LogP contribution in [-0.2, 0) is 13.0 Å². The molecule has 1 saturated heterocycles. The number of halogens is 1. The van der Waals surface area contributed by atoms with Gasteiger partial charge in [-0.1, -0.05) is 38.1 Å². The molecule has 168 valence electrons. The van der Waals surface area contributed by atoms with E-state index >= 15 is 0 Å². The van der Waals surface area contributed by atoms with Crippen LogP contribution in [0.1, 0.15) is 48.8 Å². The number of ether oxygens (including phenoxy) is 1. The molecule has 0 bridgehead atoms. The van der Waals surface area contributed by atoms with Gasteiger partial charge in [-0.25, -0.2) is 9.18 Å². The van der Waals surface area contributed by atoms with Gasteiger partial charge in [-0.2, -0.15) is 0 Å². The number of amides is 2. The SMILES string of the molecule is [2H]c1c([2H])c(C([2H])([2H])N(C(=O)NC([2H])([2H])c2ccc(OCC(C)C)cc2)C2CCN(C)CC2)c([2H])c([2H])c1F. The Hall–Kier alpha value is -2.60. The Morgan fingerprint density at radius 2 is 1.87 bits per heavy atom. The fraction of sp³-hybridized carbons (Fsp3) is 0.480. The van der Waals surface area contributed by atoms with E-state index < -0.39 is 60.6 Å². The van der Waals surface area contributed by atoms with Crippen LogP contribution in [-0.4, -0.2) is 48.6 Å². The van der Waals surface area contributed by atoms with Gasteiger partial charge < -0.3 is 19.9 Å². The Morgan fingerprint density at radius 1 is 1.23 bits per heavy atom. The normalized spacial score (nSPS) is 19.8. The molecule has 0 aromatic heterocycles. The second kappa shape index (κ2) is 11.1. The van der Waals surface area contributed by atoms with Gasteiger partial charge in [0.1, 0.15) is 11.6 Å². The average molecular weight is 436 g/mol. The van der Waals surface area contributed by atoms with Crippen molar-refractivity contribution in [3.63, 3.8) is 0 Å². The Kier molecular flexibility index (Phi) is 5.20. The molecular formula is C25H34FN3O2. The maximum absolute atomic E-state index is 14.2. The number of hydrogen-bond donors (Lipinski definition) is 1. The lowest BCUT2D eigenvalue weighted by atomic mass is 10.0. The predicted octanol–water partition coefficient (Wildman–Crippen LogP) is 4.67. The zero-order chi connectivity index (χ0) is 29.3. The number of likely N-dealkylation sites (tertiary alicyclic amines) is 1. The Balaban J connectivity index is 1.99. The van der Waals surface area contributed by atoms with Gasteiger partial charge in [0.05, 0.1) is 17.6 Å². The summed E-state index contributed by atoms with van der Waals surface area (Å²) in [5.74, 6) is -0.599. The fourth-order valence-electron chi connectivity index (χ4n) is 3.12. The van der Waals surface area contributed by atoms with Crippen molar-refractivity contribution in [1.82, 2.24) is 15.1 Å². The third-order valence-corrected chi connectivity index (χ3v) is 4.85. The van der Waals surface area contributed by atoms with Gasteiger partial charge in [0.15, 0.2) is 0 Å². The number of carbonyl (C=O) groups excluding carboxylic acids is 1. The van der Waals surface area contributed by atoms with Gasteiger partial charge in [0.25, 0.3) is 0 Å². The monoisotopic (exact) mass is 435 g/mol. The molecule has 1 heterocycles. The lowest BCUT2D eigenvalue weighted by Crippen LogP contribution is -2.49. The Bertz CT molecular complexity index is 1160. The molecule has 6 heteroatoms. The first kappa shape index (κ1) is 14.5. The van der Waals surface area contributed by atoms with Crippen LogP contribution < -0.4 is 10.1 Å². The highest BCUT2D eigenvalue weighted by Crippen LogP contribution is 2.19. The van der Waals surface area contributed by atoms with Crippen molar-refractivity contribution in [1.29, 1.82) is 0 Å². The molecule has 0 atom stereocenters. The van der Waals surface area contributed by atoms with Gasteiger partial charge in [0.2, 0.25) is 0 Å². The van der Waals surface area contributed by atoms with Gasteiger partial charge in [0, 0.05) is 19.0 Å². The van der Waals surface area contributed by atoms with Crippen LogP contribution in [0.3, 0.4) is 0 Å². The van der Waals surface area contributed by atoms with Gasteiger partial charge in [-0.15, -0.1) is 0 Å². The number of nitrogens with zero attached hydrogens (tertiary/aromatic N) is 2. The Labute approximate surface area is 196 Å². The first-order chi connectivity index (χ1) is 18.1. The lowest BCUT2D eigenvalue weighted by Gasteiger charge is -2.37. The topological polar surface area (TPSA) is 44.8 Å². The number of rotatable bonds is 8. The molecule has 1 aliphatic heterocycles. The largest absolute Gasteiger partial charge is 0.493 e. The van der Waals surface area contributed by atoms with E-state index in [-0.39, 0.29) is 5.56 Å². The van der Waals surface area contributed by atoms with Gasteiger partial charge >= 0.3 is 6.03 Å². The van der Waals surface area contributed by atoms with E-state index in [1.54, 1.807) is 12.1 Å². The number of benzene rings is 2. The first-order valence-electron chi connectivity index (χ1n) is 14.4. The summed E-state index contributed by atoms with van der Waals surface area (Å²) in [5.41, 5.74) is -0.706. The van der Waals surface area contributed by atoms with Crippen LogP contribution in [0.4, 0.5) is 9.18 Å². The van der Waals surface area contributed by atoms with E-state index in [1.165, 1.54) is 12.1 Å². The van der Waals surface area contributed by atoms with E-state index in [0.717, 1.165) is 4.90 Å². The first-order valence-corrected chi connectivity index (χ1v) is 10.4. The maximum atomic E-state index is 14.2. The molecule has 0 saturated carbocycles. The van der Waals surface area contributed by atoms with Crippen LogP contribution in [0.5, 0.6) is 5.75 Å². The molecule has 2 amide bonds. The fourth-order valence-corrected chi connectivity index (χ4v) is 3.12. The molecule has 1 fully saturated rings. The summed E-state index contributed by atoms with van der Waals surface area (Å²) in [4.78, 5) is 16.4. The summed E-state index contributed by atoms with van der Waals surface area (Å²) in [7, 11) is 1.87. The zero-order valence-corrected chi connectivity index (χ0v) is 18.1. The van der Waals surface area contributed by atoms with Crippen molar-refractivity contribution in [3.8, 4) is 5.75 Å². The summed E-state index contributed by atoms with van der Waals surface area (Å²) in [6, 6.07) is 0.166. The standard InChI is InChI=1S/C25H34FN3O2/c1-19(2)18-31-24-10-6-20(7-11-24)16-27-25(30)29(23-12-14-28(3)15-13-23)17-21-4-8-22(26)9-5-21/h4-11,19,23H,12-18H2,1-3H3,(H,27,30)/i4D,5D,8D,9D,16D2,17D2. The molecular weight excluding hydrogens is 393 g/mol. The van der Waals surface area contributed by atoms with Gasteiger partial charge in [-0.05, 0) is 74.2 Å². The van der Waals surface area contributed by atoms with Crippen molar-refractivity contribution in [2.45, 2.75) is 45.7 Å². The van der Waals surface area contributed by atoms with E-state index in [4.69, 9.17) is 15.7 Å². The number of piperidine rings is 1. The van der Waals surface area contributed by atoms with Crippen LogP contribution in [0.25, 0.3) is 0 Å². The molecule has 31 heavy (non-hydrogen) atoms. The molecule has 2 aromatic rings. The van der Waals surface area contributed by atoms with E-state index in [2.05, 4.69) is 5.32 Å². The van der Waals surface area contributed by atoms with Crippen molar-refractivity contribution in [3.05, 3.63) is 65.4 Å². The molecule has 0 radical (unpaired) electrons. The summed E-state index contributed by atoms with van der Waals surface area (Å²) in [6.07, 6.45) is 0.634. The Morgan fingerprint density at radius 3 is 2.48 bits per heavy atom. The molecule has 2 aromatic carbocycles. The molecule has 0 spiro atoms. The minimum absolute atomic E-state index is 0.0858. The van der Waals surface area contributed by atoms with E-state index in [1.807, 2.05) is 25.8 Å². The second-order valence-corrected chi connectivity index (χ2v) is 7.99. The van der Waals surface area contributed by atoms with Crippen molar-refractivity contribution < 1.29 is 24.9 Å². The number of carbonyl (C=O) groups is 1. The highest BCUT2D eigenvalue weighted by atomic mass is 19.1. The minimum Gasteiger partial charge on any atom is -0.493 e. The number of urea groups is 1. The third kappa shape index (κ3) is 7.24. The number of nitrogens with one attached hydrogen (secondary N) is 1. The lowest BCUT2D eigenvalue weighted by molar-refractivity contribution is 0.127. The van der Waals surface area contributed by atoms with E-state index in [9.17, 15) is 9.18 Å². The summed E-state index contributed by atoms with van der Waals surface area (Å²) < 4.78 is 86.6. The molecule has 3 rings (SSSR count). The number of hydrogen-bond acceptors (Lipinski definition) is 3. The van der Waals surface area contributed by atoms with E-state index in [0.29, 0.717) is 44.2 Å². The zero-order valence-electron chi connectivity index (χ0n) is 26.1.